The van der Waals surface area contributed by atoms with Crippen LogP contribution in [0, 0.1) is 0 Å². The molecule has 0 amide bonds. The molecule has 7 heteroatoms. The van der Waals surface area contributed by atoms with E-state index in [1.807, 2.05) is 91.0 Å². The normalized spacial score (nSPS) is 31.5. The number of hydrogen-bond acceptors (Lipinski definition) is 7. The molecular weight excluding hydrogens is 472 g/mol. The summed E-state index contributed by atoms with van der Waals surface area (Å²) in [5.41, 5.74) is 2.97. The highest BCUT2D eigenvalue weighted by molar-refractivity contribution is 5.15. The minimum absolute atomic E-state index is 0.0559. The third-order valence-corrected chi connectivity index (χ3v) is 6.92. The highest BCUT2D eigenvalue weighted by Gasteiger charge is 2.61. The highest BCUT2D eigenvalue weighted by Crippen LogP contribution is 2.44. The van der Waals surface area contributed by atoms with Crippen LogP contribution in [0.5, 0.6) is 0 Å². The maximum absolute atomic E-state index is 10.8. The Labute approximate surface area is 217 Å². The molecule has 2 aliphatic rings. The molecule has 6 atom stereocenters. The summed E-state index contributed by atoms with van der Waals surface area (Å²) in [6.45, 7) is 4.54. The van der Waals surface area contributed by atoms with Crippen molar-refractivity contribution in [3.8, 4) is 0 Å². The molecule has 2 fully saturated rings. The second kappa shape index (κ2) is 11.4. The fourth-order valence-electron chi connectivity index (χ4n) is 4.57. The topological polar surface area (TPSA) is 75.6 Å². The molecule has 3 aromatic rings. The summed E-state index contributed by atoms with van der Waals surface area (Å²) in [5.74, 6) is -2.67. The summed E-state index contributed by atoms with van der Waals surface area (Å²) in [5, 5.41) is 10.8. The first kappa shape index (κ1) is 26.0. The van der Waals surface area contributed by atoms with Crippen LogP contribution in [-0.4, -0.2) is 47.9 Å². The lowest BCUT2D eigenvalue weighted by Gasteiger charge is -2.56. The second-order valence-electron chi connectivity index (χ2n) is 9.67. The van der Waals surface area contributed by atoms with Crippen LogP contribution in [0.3, 0.4) is 0 Å². The number of rotatable bonds is 9. The van der Waals surface area contributed by atoms with Crippen LogP contribution in [0.4, 0.5) is 0 Å². The molecule has 1 N–H and O–H groups in total. The van der Waals surface area contributed by atoms with Crippen LogP contribution in [0.25, 0.3) is 0 Å². The Balaban J connectivity index is 1.38. The first-order valence-electron chi connectivity index (χ1n) is 12.6. The van der Waals surface area contributed by atoms with Crippen molar-refractivity contribution in [2.45, 2.75) is 69.8 Å². The molecule has 0 radical (unpaired) electrons. The average molecular weight is 507 g/mol. The van der Waals surface area contributed by atoms with Gasteiger partial charge in [-0.3, -0.25) is 0 Å². The van der Waals surface area contributed by atoms with E-state index in [4.69, 9.17) is 28.4 Å². The van der Waals surface area contributed by atoms with Crippen LogP contribution < -0.4 is 0 Å². The van der Waals surface area contributed by atoms with Crippen LogP contribution in [-0.2, 0) is 48.2 Å². The summed E-state index contributed by atoms with van der Waals surface area (Å²) >= 11 is 0. The van der Waals surface area contributed by atoms with E-state index in [1.165, 1.54) is 0 Å². The summed E-state index contributed by atoms with van der Waals surface area (Å²) in [6, 6.07) is 29.5. The van der Waals surface area contributed by atoms with Crippen molar-refractivity contribution in [2.24, 2.45) is 0 Å². The summed E-state index contributed by atoms with van der Waals surface area (Å²) in [6.07, 6.45) is -3.14. The van der Waals surface area contributed by atoms with Gasteiger partial charge in [-0.1, -0.05) is 91.0 Å². The summed E-state index contributed by atoms with van der Waals surface area (Å²) in [7, 11) is 0. The van der Waals surface area contributed by atoms with Gasteiger partial charge >= 0.3 is 0 Å². The highest BCUT2D eigenvalue weighted by atomic mass is 16.8. The van der Waals surface area contributed by atoms with Gasteiger partial charge in [0.15, 0.2) is 6.29 Å². The molecule has 2 saturated heterocycles. The van der Waals surface area contributed by atoms with Gasteiger partial charge in [0.2, 0.25) is 11.6 Å². The van der Waals surface area contributed by atoms with Crippen LogP contribution >= 0.6 is 0 Å². The van der Waals surface area contributed by atoms with E-state index in [0.29, 0.717) is 6.61 Å². The number of benzene rings is 3. The van der Waals surface area contributed by atoms with Crippen molar-refractivity contribution >= 4 is 0 Å². The SMILES string of the molecule is C[C@@]1(OCc2ccccc2)O[C@@H]2[C@@H](O[C@@]1(C)OCc1ccccc1)[C@@H](OCc1ccccc1)OC[C@@H]2O. The molecule has 5 rings (SSSR count). The molecule has 0 spiro atoms. The lowest BCUT2D eigenvalue weighted by molar-refractivity contribution is -0.490. The number of aliphatic hydroxyl groups excluding tert-OH is 1. The van der Waals surface area contributed by atoms with Crippen molar-refractivity contribution < 1.29 is 33.5 Å². The van der Waals surface area contributed by atoms with Crippen molar-refractivity contribution in [2.75, 3.05) is 6.61 Å². The van der Waals surface area contributed by atoms with Crippen molar-refractivity contribution in [3.05, 3.63) is 108 Å². The van der Waals surface area contributed by atoms with Crippen LogP contribution in [0.1, 0.15) is 30.5 Å². The number of ether oxygens (including phenoxy) is 6. The van der Waals surface area contributed by atoms with Crippen molar-refractivity contribution in [3.63, 3.8) is 0 Å². The second-order valence-corrected chi connectivity index (χ2v) is 9.67. The van der Waals surface area contributed by atoms with E-state index in [0.717, 1.165) is 16.7 Å². The minimum Gasteiger partial charge on any atom is -0.388 e. The number of fused-ring (bicyclic) bond motifs is 1. The Kier molecular flexibility index (Phi) is 8.02. The Bertz CT molecular complexity index is 1110. The molecule has 37 heavy (non-hydrogen) atoms. The Morgan fingerprint density at radius 1 is 0.676 bits per heavy atom. The standard InChI is InChI=1S/C30H34O7/c1-29(34-19-23-14-8-4-9-15-23)30(2,35-20-24-16-10-5-11-17-24)37-27-26(36-29)25(31)21-33-28(27)32-18-22-12-6-3-7-13-22/h3-17,25-28,31H,18-21H2,1-2H3/t25-,26-,27+,28-,29+,30+/m0/s1. The monoisotopic (exact) mass is 506 g/mol. The zero-order valence-electron chi connectivity index (χ0n) is 21.2. The van der Waals surface area contributed by atoms with E-state index < -0.39 is 36.2 Å². The lowest BCUT2D eigenvalue weighted by Crippen LogP contribution is -2.71. The van der Waals surface area contributed by atoms with Gasteiger partial charge in [0, 0.05) is 0 Å². The first-order valence-corrected chi connectivity index (χ1v) is 12.6. The van der Waals surface area contributed by atoms with Gasteiger partial charge in [-0.05, 0) is 30.5 Å². The van der Waals surface area contributed by atoms with Gasteiger partial charge in [-0.25, -0.2) is 0 Å². The molecule has 0 aliphatic carbocycles. The molecule has 2 heterocycles. The molecule has 0 saturated carbocycles. The Hall–Kier alpha value is -2.62. The van der Waals surface area contributed by atoms with E-state index in [9.17, 15) is 5.11 Å². The summed E-state index contributed by atoms with van der Waals surface area (Å²) < 4.78 is 37.8. The molecule has 0 bridgehead atoms. The van der Waals surface area contributed by atoms with Crippen molar-refractivity contribution in [1.82, 2.24) is 0 Å². The predicted octanol–water partition coefficient (Wildman–Crippen LogP) is 4.57. The van der Waals surface area contributed by atoms with Gasteiger partial charge in [-0.15, -0.1) is 0 Å². The van der Waals surface area contributed by atoms with Gasteiger partial charge in [0.25, 0.3) is 0 Å². The van der Waals surface area contributed by atoms with Gasteiger partial charge in [0.1, 0.15) is 18.3 Å². The van der Waals surface area contributed by atoms with E-state index in [2.05, 4.69) is 0 Å². The zero-order chi connectivity index (χ0) is 25.7. The molecular formula is C30H34O7. The van der Waals surface area contributed by atoms with E-state index >= 15 is 0 Å². The first-order chi connectivity index (χ1) is 18.0. The van der Waals surface area contributed by atoms with Gasteiger partial charge in [-0.2, -0.15) is 0 Å². The number of aliphatic hydroxyl groups is 1. The quantitative estimate of drug-likeness (QED) is 0.456. The zero-order valence-corrected chi connectivity index (χ0v) is 21.2. The van der Waals surface area contributed by atoms with Crippen molar-refractivity contribution in [1.29, 1.82) is 0 Å². The lowest BCUT2D eigenvalue weighted by atomic mass is 9.98. The van der Waals surface area contributed by atoms with E-state index in [1.54, 1.807) is 13.8 Å². The minimum atomic E-state index is -1.34. The molecule has 0 aromatic heterocycles. The van der Waals surface area contributed by atoms with Gasteiger partial charge < -0.3 is 33.5 Å². The predicted molar refractivity (Wildman–Crippen MR) is 136 cm³/mol. The molecule has 0 unspecified atom stereocenters. The largest absolute Gasteiger partial charge is 0.388 e. The Morgan fingerprint density at radius 2 is 1.11 bits per heavy atom. The molecule has 2 aliphatic heterocycles. The molecule has 3 aromatic carbocycles. The van der Waals surface area contributed by atoms with Crippen LogP contribution in [0.2, 0.25) is 0 Å². The number of hydrogen-bond donors (Lipinski definition) is 1. The fraction of sp³-hybridized carbons (Fsp3) is 0.400. The maximum atomic E-state index is 10.8. The average Bonchev–Trinajstić information content (AvgIpc) is 2.94. The molecule has 7 nitrogen and oxygen atoms in total. The van der Waals surface area contributed by atoms with E-state index in [-0.39, 0.29) is 19.8 Å². The summed E-state index contributed by atoms with van der Waals surface area (Å²) in [4.78, 5) is 0. The van der Waals surface area contributed by atoms with Crippen LogP contribution in [0.15, 0.2) is 91.0 Å². The Morgan fingerprint density at radius 3 is 1.59 bits per heavy atom. The van der Waals surface area contributed by atoms with Gasteiger partial charge in [0.05, 0.1) is 26.4 Å². The molecule has 196 valence electrons. The third kappa shape index (κ3) is 5.94. The smallest absolute Gasteiger partial charge is 0.221 e. The third-order valence-electron chi connectivity index (χ3n) is 6.92. The fourth-order valence-corrected chi connectivity index (χ4v) is 4.57. The maximum Gasteiger partial charge on any atom is 0.221 e.